The van der Waals surface area contributed by atoms with Crippen LogP contribution in [0.15, 0.2) is 78.9 Å². The average molecular weight is 473 g/mol. The van der Waals surface area contributed by atoms with Crippen LogP contribution in [0.3, 0.4) is 0 Å². The summed E-state index contributed by atoms with van der Waals surface area (Å²) in [6, 6.07) is 23.2. The van der Waals surface area contributed by atoms with Gasteiger partial charge in [-0.25, -0.2) is 4.39 Å². The standard InChI is InChI=1S/C29H29FN2O3/c1-19(2)32-25(18-33)26(22-11-13-23(30)14-12-22)27(21-7-5-4-6-8-21)28(32)29(34)31-17-20-9-15-24(35-3)16-10-20/h4-16,19,33H,17-18H2,1-3H3,(H,31,34). The quantitative estimate of drug-likeness (QED) is 0.332. The summed E-state index contributed by atoms with van der Waals surface area (Å²) in [4.78, 5) is 13.7. The predicted octanol–water partition coefficient (Wildman–Crippen LogP) is 5.97. The van der Waals surface area contributed by atoms with Gasteiger partial charge in [0, 0.05) is 23.7 Å². The lowest BCUT2D eigenvalue weighted by Crippen LogP contribution is -2.27. The van der Waals surface area contributed by atoms with Gasteiger partial charge in [0.15, 0.2) is 0 Å². The summed E-state index contributed by atoms with van der Waals surface area (Å²) in [5.41, 5.74) is 5.02. The van der Waals surface area contributed by atoms with Crippen molar-refractivity contribution < 1.29 is 19.0 Å². The van der Waals surface area contributed by atoms with Gasteiger partial charge in [-0.15, -0.1) is 0 Å². The Hall–Kier alpha value is -3.90. The van der Waals surface area contributed by atoms with Crippen LogP contribution in [0, 0.1) is 5.82 Å². The maximum absolute atomic E-state index is 13.7. The van der Waals surface area contributed by atoms with Gasteiger partial charge in [-0.1, -0.05) is 54.6 Å². The van der Waals surface area contributed by atoms with Crippen molar-refractivity contribution in [3.63, 3.8) is 0 Å². The van der Waals surface area contributed by atoms with Gasteiger partial charge in [0.1, 0.15) is 17.3 Å². The SMILES string of the molecule is COc1ccc(CNC(=O)c2c(-c3ccccc3)c(-c3ccc(F)cc3)c(CO)n2C(C)C)cc1. The zero-order chi connectivity index (χ0) is 24.9. The molecule has 1 heterocycles. The molecule has 0 saturated carbocycles. The Kier molecular flexibility index (Phi) is 7.32. The second-order valence-electron chi connectivity index (χ2n) is 8.57. The largest absolute Gasteiger partial charge is 0.497 e. The number of rotatable bonds is 8. The summed E-state index contributed by atoms with van der Waals surface area (Å²) in [6.45, 7) is 4.02. The number of aliphatic hydroxyl groups excluding tert-OH is 1. The lowest BCUT2D eigenvalue weighted by molar-refractivity contribution is 0.0940. The molecule has 5 nitrogen and oxygen atoms in total. The van der Waals surface area contributed by atoms with Crippen LogP contribution in [0.1, 0.15) is 41.6 Å². The number of ether oxygens (including phenoxy) is 1. The summed E-state index contributed by atoms with van der Waals surface area (Å²) in [5, 5.41) is 13.5. The van der Waals surface area contributed by atoms with Gasteiger partial charge in [-0.05, 0) is 54.8 Å². The number of nitrogens with one attached hydrogen (secondary N) is 1. The summed E-state index contributed by atoms with van der Waals surface area (Å²) in [5.74, 6) is 0.148. The molecule has 0 spiro atoms. The van der Waals surface area contributed by atoms with E-state index >= 15 is 0 Å². The van der Waals surface area contributed by atoms with E-state index in [0.717, 1.165) is 28.0 Å². The molecule has 2 N–H and O–H groups in total. The Bertz CT molecular complexity index is 1290. The van der Waals surface area contributed by atoms with Gasteiger partial charge in [0.2, 0.25) is 0 Å². The zero-order valence-electron chi connectivity index (χ0n) is 20.1. The van der Waals surface area contributed by atoms with Crippen molar-refractivity contribution in [3.05, 3.63) is 102 Å². The van der Waals surface area contributed by atoms with E-state index in [9.17, 15) is 14.3 Å². The van der Waals surface area contributed by atoms with Crippen LogP contribution in [0.25, 0.3) is 22.3 Å². The topological polar surface area (TPSA) is 63.5 Å². The first kappa shape index (κ1) is 24.2. The van der Waals surface area contributed by atoms with Gasteiger partial charge < -0.3 is 19.7 Å². The van der Waals surface area contributed by atoms with Gasteiger partial charge in [0.25, 0.3) is 5.91 Å². The molecule has 3 aromatic carbocycles. The Labute approximate surface area is 204 Å². The molecule has 1 aromatic heterocycles. The summed E-state index contributed by atoms with van der Waals surface area (Å²) >= 11 is 0. The van der Waals surface area contributed by atoms with Gasteiger partial charge in [-0.3, -0.25) is 4.79 Å². The van der Waals surface area contributed by atoms with Crippen molar-refractivity contribution in [1.82, 2.24) is 9.88 Å². The highest BCUT2D eigenvalue weighted by atomic mass is 19.1. The predicted molar refractivity (Wildman–Crippen MR) is 136 cm³/mol. The van der Waals surface area contributed by atoms with Crippen molar-refractivity contribution in [2.24, 2.45) is 0 Å². The molecule has 0 aliphatic rings. The minimum Gasteiger partial charge on any atom is -0.497 e. The Morgan fingerprint density at radius 1 is 0.943 bits per heavy atom. The van der Waals surface area contributed by atoms with E-state index in [1.54, 1.807) is 19.2 Å². The molecular weight excluding hydrogens is 443 g/mol. The molecule has 180 valence electrons. The number of halogens is 1. The number of nitrogens with zero attached hydrogens (tertiary/aromatic N) is 1. The summed E-state index contributed by atoms with van der Waals surface area (Å²) in [6.07, 6.45) is 0. The smallest absolute Gasteiger partial charge is 0.268 e. The van der Waals surface area contributed by atoms with Crippen LogP contribution in [0.2, 0.25) is 0 Å². The zero-order valence-corrected chi connectivity index (χ0v) is 20.1. The van der Waals surface area contributed by atoms with E-state index < -0.39 is 0 Å². The number of carbonyl (C=O) groups is 1. The normalized spacial score (nSPS) is 11.0. The molecule has 1 amide bonds. The third-order valence-electron chi connectivity index (χ3n) is 6.00. The van der Waals surface area contributed by atoms with E-state index in [0.29, 0.717) is 23.5 Å². The first-order chi connectivity index (χ1) is 16.9. The van der Waals surface area contributed by atoms with Gasteiger partial charge in [0.05, 0.1) is 19.4 Å². The van der Waals surface area contributed by atoms with Crippen LogP contribution < -0.4 is 10.1 Å². The molecule has 4 aromatic rings. The fourth-order valence-corrected chi connectivity index (χ4v) is 4.41. The van der Waals surface area contributed by atoms with E-state index in [1.807, 2.05) is 73.0 Å². The molecule has 0 atom stereocenters. The van der Waals surface area contributed by atoms with Crippen LogP contribution in [-0.4, -0.2) is 22.7 Å². The number of carbonyl (C=O) groups excluding carboxylic acids is 1. The van der Waals surface area contributed by atoms with E-state index in [2.05, 4.69) is 5.32 Å². The third-order valence-corrected chi connectivity index (χ3v) is 6.00. The number of methoxy groups -OCH3 is 1. The third kappa shape index (κ3) is 4.98. The first-order valence-corrected chi connectivity index (χ1v) is 11.5. The van der Waals surface area contributed by atoms with Crippen molar-refractivity contribution in [2.45, 2.75) is 33.0 Å². The van der Waals surface area contributed by atoms with Crippen molar-refractivity contribution >= 4 is 5.91 Å². The second kappa shape index (κ2) is 10.6. The summed E-state index contributed by atoms with van der Waals surface area (Å²) < 4.78 is 20.8. The summed E-state index contributed by atoms with van der Waals surface area (Å²) in [7, 11) is 1.61. The van der Waals surface area contributed by atoms with Crippen LogP contribution in [0.5, 0.6) is 5.75 Å². The molecule has 0 unspecified atom stereocenters. The molecule has 35 heavy (non-hydrogen) atoms. The Morgan fingerprint density at radius 2 is 1.57 bits per heavy atom. The van der Waals surface area contributed by atoms with Gasteiger partial charge in [-0.2, -0.15) is 0 Å². The number of aliphatic hydroxyl groups is 1. The fourth-order valence-electron chi connectivity index (χ4n) is 4.41. The minimum absolute atomic E-state index is 0.101. The molecule has 0 fully saturated rings. The number of benzene rings is 3. The average Bonchev–Trinajstić information content (AvgIpc) is 3.24. The van der Waals surface area contributed by atoms with Crippen LogP contribution >= 0.6 is 0 Å². The second-order valence-corrected chi connectivity index (χ2v) is 8.57. The highest BCUT2D eigenvalue weighted by Crippen LogP contribution is 2.41. The molecule has 6 heteroatoms. The number of aromatic nitrogens is 1. The van der Waals surface area contributed by atoms with Gasteiger partial charge >= 0.3 is 0 Å². The Morgan fingerprint density at radius 3 is 2.14 bits per heavy atom. The van der Waals surface area contributed by atoms with Crippen molar-refractivity contribution in [2.75, 3.05) is 7.11 Å². The highest BCUT2D eigenvalue weighted by Gasteiger charge is 2.29. The molecule has 0 aliphatic heterocycles. The number of amides is 1. The lowest BCUT2D eigenvalue weighted by Gasteiger charge is -2.17. The first-order valence-electron chi connectivity index (χ1n) is 11.5. The highest BCUT2D eigenvalue weighted by molar-refractivity contribution is 6.05. The van der Waals surface area contributed by atoms with E-state index in [1.165, 1.54) is 12.1 Å². The van der Waals surface area contributed by atoms with E-state index in [4.69, 9.17) is 4.74 Å². The van der Waals surface area contributed by atoms with Crippen LogP contribution in [0.4, 0.5) is 4.39 Å². The van der Waals surface area contributed by atoms with Crippen molar-refractivity contribution in [1.29, 1.82) is 0 Å². The minimum atomic E-state index is -0.346. The molecular formula is C29H29FN2O3. The maximum Gasteiger partial charge on any atom is 0.268 e. The molecule has 0 bridgehead atoms. The molecule has 4 rings (SSSR count). The lowest BCUT2D eigenvalue weighted by atomic mass is 9.94. The van der Waals surface area contributed by atoms with Crippen molar-refractivity contribution in [3.8, 4) is 28.0 Å². The molecule has 0 radical (unpaired) electrons. The number of hydrogen-bond acceptors (Lipinski definition) is 3. The molecule has 0 saturated heterocycles. The monoisotopic (exact) mass is 472 g/mol. The van der Waals surface area contributed by atoms with Crippen LogP contribution in [-0.2, 0) is 13.2 Å². The molecule has 0 aliphatic carbocycles. The number of hydrogen-bond donors (Lipinski definition) is 2. The Balaban J connectivity index is 1.87. The maximum atomic E-state index is 13.7. The van der Waals surface area contributed by atoms with E-state index in [-0.39, 0.29) is 24.4 Å². The fraction of sp³-hybridized carbons (Fsp3) is 0.207.